The zero-order valence-corrected chi connectivity index (χ0v) is 17.3. The summed E-state index contributed by atoms with van der Waals surface area (Å²) in [6.07, 6.45) is 8.56. The molecule has 2 heterocycles. The summed E-state index contributed by atoms with van der Waals surface area (Å²) in [6.45, 7) is 4.80. The molecule has 1 amide bonds. The van der Waals surface area contributed by atoms with E-state index >= 15 is 0 Å². The summed E-state index contributed by atoms with van der Waals surface area (Å²) in [5, 5.41) is 17.4. The van der Waals surface area contributed by atoms with Gasteiger partial charge in [-0.3, -0.25) is 4.79 Å². The summed E-state index contributed by atoms with van der Waals surface area (Å²) in [7, 11) is 0. The Bertz CT molecular complexity index is 653. The average molecular weight is 390 g/mol. The topological polar surface area (TPSA) is 74.1 Å². The number of thioether (sulfide) groups is 1. The summed E-state index contributed by atoms with van der Waals surface area (Å²) in [6, 6.07) is 2.65. The molecule has 5 nitrogen and oxygen atoms in total. The quantitative estimate of drug-likeness (QED) is 0.719. The van der Waals surface area contributed by atoms with Crippen molar-refractivity contribution < 1.29 is 9.53 Å². The molecule has 0 aromatic rings. The van der Waals surface area contributed by atoms with Gasteiger partial charge < -0.3 is 15.4 Å². The van der Waals surface area contributed by atoms with Crippen LogP contribution in [0.15, 0.2) is 21.9 Å². The van der Waals surface area contributed by atoms with Gasteiger partial charge in [0.25, 0.3) is 0 Å². The SMILES string of the molecule is CCCSC1=C(C#N)C(C2CCCO2)C(C(=O)NC2CCCCC2)=C(C)N1. The number of amides is 1. The standard InChI is InChI=1S/C21H31N3O2S/c1-3-12-27-21-16(13-22)19(17-10-7-11-26-17)18(14(2)23-21)20(25)24-15-8-5-4-6-9-15/h15,17,19,23H,3-12H2,1-2H3,(H,24,25). The zero-order valence-electron chi connectivity index (χ0n) is 16.5. The first-order chi connectivity index (χ1) is 13.2. The Morgan fingerprint density at radius 1 is 1.30 bits per heavy atom. The molecule has 148 valence electrons. The van der Waals surface area contributed by atoms with Crippen LogP contribution in [0, 0.1) is 17.2 Å². The number of hydrogen-bond acceptors (Lipinski definition) is 5. The molecule has 2 N–H and O–H groups in total. The molecule has 2 fully saturated rings. The molecular formula is C21H31N3O2S. The van der Waals surface area contributed by atoms with Gasteiger partial charge in [-0.2, -0.15) is 5.26 Å². The van der Waals surface area contributed by atoms with Gasteiger partial charge in [0.05, 0.1) is 28.7 Å². The Hall–Kier alpha value is -1.45. The van der Waals surface area contributed by atoms with Gasteiger partial charge in [0.15, 0.2) is 0 Å². The second-order valence-electron chi connectivity index (χ2n) is 7.70. The fourth-order valence-electron chi connectivity index (χ4n) is 4.32. The lowest BCUT2D eigenvalue weighted by Gasteiger charge is -2.33. The summed E-state index contributed by atoms with van der Waals surface area (Å²) in [5.41, 5.74) is 2.23. The predicted octanol–water partition coefficient (Wildman–Crippen LogP) is 3.99. The second kappa shape index (κ2) is 9.66. The fraction of sp³-hybridized carbons (Fsp3) is 0.714. The van der Waals surface area contributed by atoms with E-state index in [9.17, 15) is 10.1 Å². The number of nitrogens with zero attached hydrogens (tertiary/aromatic N) is 1. The second-order valence-corrected chi connectivity index (χ2v) is 8.81. The number of hydrogen-bond donors (Lipinski definition) is 2. The van der Waals surface area contributed by atoms with Gasteiger partial charge in [-0.1, -0.05) is 26.2 Å². The van der Waals surface area contributed by atoms with Gasteiger partial charge in [-0.05, 0) is 44.8 Å². The molecule has 2 aliphatic heterocycles. The highest BCUT2D eigenvalue weighted by Gasteiger charge is 2.40. The first-order valence-corrected chi connectivity index (χ1v) is 11.3. The Morgan fingerprint density at radius 3 is 2.70 bits per heavy atom. The van der Waals surface area contributed by atoms with E-state index in [0.717, 1.165) is 48.6 Å². The van der Waals surface area contributed by atoms with Crippen LogP contribution in [-0.4, -0.2) is 30.4 Å². The summed E-state index contributed by atoms with van der Waals surface area (Å²) in [5.74, 6) is 0.657. The van der Waals surface area contributed by atoms with Gasteiger partial charge in [-0.15, -0.1) is 11.8 Å². The fourth-order valence-corrected chi connectivity index (χ4v) is 5.28. The maximum absolute atomic E-state index is 13.2. The van der Waals surface area contributed by atoms with Crippen molar-refractivity contribution >= 4 is 17.7 Å². The number of carbonyl (C=O) groups is 1. The Balaban J connectivity index is 1.87. The molecule has 3 rings (SSSR count). The van der Waals surface area contributed by atoms with Crippen molar-refractivity contribution in [1.82, 2.24) is 10.6 Å². The summed E-state index contributed by atoms with van der Waals surface area (Å²) >= 11 is 1.67. The van der Waals surface area contributed by atoms with Gasteiger partial charge in [0, 0.05) is 23.9 Å². The number of ether oxygens (including phenoxy) is 1. The monoisotopic (exact) mass is 389 g/mol. The Morgan fingerprint density at radius 2 is 2.07 bits per heavy atom. The third-order valence-electron chi connectivity index (χ3n) is 5.66. The lowest BCUT2D eigenvalue weighted by molar-refractivity contribution is -0.119. The van der Waals surface area contributed by atoms with E-state index in [0.29, 0.717) is 17.8 Å². The number of rotatable bonds is 6. The van der Waals surface area contributed by atoms with E-state index in [1.807, 2.05) is 6.92 Å². The molecule has 2 unspecified atom stereocenters. The number of nitriles is 1. The molecule has 0 spiro atoms. The van der Waals surface area contributed by atoms with Crippen LogP contribution in [-0.2, 0) is 9.53 Å². The van der Waals surface area contributed by atoms with Gasteiger partial charge in [0.1, 0.15) is 0 Å². The van der Waals surface area contributed by atoms with Crippen LogP contribution in [0.5, 0.6) is 0 Å². The largest absolute Gasteiger partial charge is 0.377 e. The van der Waals surface area contributed by atoms with Crippen LogP contribution in [0.2, 0.25) is 0 Å². The van der Waals surface area contributed by atoms with Crippen LogP contribution >= 0.6 is 11.8 Å². The molecule has 2 atom stereocenters. The van der Waals surface area contributed by atoms with Crippen LogP contribution in [0.4, 0.5) is 0 Å². The van der Waals surface area contributed by atoms with Crippen molar-refractivity contribution in [2.24, 2.45) is 5.92 Å². The smallest absolute Gasteiger partial charge is 0.249 e. The average Bonchev–Trinajstić information content (AvgIpc) is 3.20. The van der Waals surface area contributed by atoms with Crippen molar-refractivity contribution in [3.8, 4) is 6.07 Å². The summed E-state index contributed by atoms with van der Waals surface area (Å²) in [4.78, 5) is 13.2. The normalized spacial score (nSPS) is 26.7. The van der Waals surface area contributed by atoms with Crippen molar-refractivity contribution in [3.63, 3.8) is 0 Å². The molecular weight excluding hydrogens is 358 g/mol. The van der Waals surface area contributed by atoms with E-state index in [2.05, 4.69) is 23.6 Å². The molecule has 0 bridgehead atoms. The molecule has 3 aliphatic rings. The van der Waals surface area contributed by atoms with E-state index in [-0.39, 0.29) is 24.0 Å². The van der Waals surface area contributed by atoms with Gasteiger partial charge in [-0.25, -0.2) is 0 Å². The van der Waals surface area contributed by atoms with E-state index in [1.54, 1.807) is 11.8 Å². The highest BCUT2D eigenvalue weighted by molar-refractivity contribution is 8.03. The van der Waals surface area contributed by atoms with Crippen LogP contribution in [0.3, 0.4) is 0 Å². The highest BCUT2D eigenvalue weighted by Crippen LogP contribution is 2.40. The first-order valence-electron chi connectivity index (χ1n) is 10.3. The number of allylic oxidation sites excluding steroid dienone is 1. The lowest BCUT2D eigenvalue weighted by Crippen LogP contribution is -2.43. The number of dihydropyridines is 1. The molecule has 27 heavy (non-hydrogen) atoms. The molecule has 0 aromatic carbocycles. The van der Waals surface area contributed by atoms with Crippen molar-refractivity contribution in [2.75, 3.05) is 12.4 Å². The Labute approximate surface area is 167 Å². The minimum Gasteiger partial charge on any atom is -0.377 e. The minimum absolute atomic E-state index is 0.0281. The van der Waals surface area contributed by atoms with Crippen molar-refractivity contribution in [1.29, 1.82) is 5.26 Å². The summed E-state index contributed by atoms with van der Waals surface area (Å²) < 4.78 is 5.96. The maximum atomic E-state index is 13.2. The third kappa shape index (κ3) is 4.70. The van der Waals surface area contributed by atoms with E-state index in [4.69, 9.17) is 4.74 Å². The maximum Gasteiger partial charge on any atom is 0.249 e. The number of carbonyl (C=O) groups excluding carboxylic acids is 1. The van der Waals surface area contributed by atoms with E-state index < -0.39 is 0 Å². The Kier molecular flexibility index (Phi) is 7.26. The van der Waals surface area contributed by atoms with Crippen LogP contribution in [0.25, 0.3) is 0 Å². The first kappa shape index (κ1) is 20.3. The number of nitrogens with one attached hydrogen (secondary N) is 2. The predicted molar refractivity (Wildman–Crippen MR) is 109 cm³/mol. The third-order valence-corrected chi connectivity index (χ3v) is 6.89. The van der Waals surface area contributed by atoms with Gasteiger partial charge in [0.2, 0.25) is 5.91 Å². The van der Waals surface area contributed by atoms with Crippen molar-refractivity contribution in [3.05, 3.63) is 21.9 Å². The van der Waals surface area contributed by atoms with Crippen LogP contribution < -0.4 is 10.6 Å². The van der Waals surface area contributed by atoms with E-state index in [1.165, 1.54) is 19.3 Å². The molecule has 1 aliphatic carbocycles. The molecule has 6 heteroatoms. The minimum atomic E-state index is -0.262. The lowest BCUT2D eigenvalue weighted by atomic mass is 9.82. The highest BCUT2D eigenvalue weighted by atomic mass is 32.2. The molecule has 1 saturated carbocycles. The zero-order chi connectivity index (χ0) is 19.2. The van der Waals surface area contributed by atoms with Crippen LogP contribution in [0.1, 0.15) is 65.2 Å². The van der Waals surface area contributed by atoms with Crippen molar-refractivity contribution in [2.45, 2.75) is 77.4 Å². The molecule has 1 saturated heterocycles. The molecule has 0 aromatic heterocycles. The molecule has 0 radical (unpaired) electrons. The van der Waals surface area contributed by atoms with Gasteiger partial charge >= 0.3 is 0 Å².